The van der Waals surface area contributed by atoms with E-state index in [9.17, 15) is 0 Å². The molecule has 22 heavy (non-hydrogen) atoms. The average Bonchev–Trinajstić information content (AvgIpc) is 2.85. The molecule has 4 fully saturated rings. The molecule has 1 aromatic carbocycles. The number of hydrogen-bond donors (Lipinski definition) is 1. The van der Waals surface area contributed by atoms with Gasteiger partial charge < -0.3 is 15.0 Å². The van der Waals surface area contributed by atoms with Gasteiger partial charge >= 0.3 is 7.12 Å². The predicted octanol–water partition coefficient (Wildman–Crippen LogP) is 2.82. The number of nitrogens with two attached hydrogens (primary N) is 1. The first-order chi connectivity index (χ1) is 10.4. The highest BCUT2D eigenvalue weighted by Crippen LogP contribution is 2.65. The van der Waals surface area contributed by atoms with Crippen LogP contribution in [0.15, 0.2) is 30.3 Å². The lowest BCUT2D eigenvalue weighted by molar-refractivity contribution is -0.199. The molecule has 1 aliphatic heterocycles. The highest BCUT2D eigenvalue weighted by molar-refractivity contribution is 6.47. The molecule has 0 aromatic heterocycles. The second kappa shape index (κ2) is 4.83. The van der Waals surface area contributed by atoms with Crippen molar-refractivity contribution in [2.45, 2.75) is 57.7 Å². The molecule has 2 bridgehead atoms. The minimum Gasteiger partial charge on any atom is -0.404 e. The lowest BCUT2D eigenvalue weighted by Crippen LogP contribution is -2.65. The molecule has 1 heterocycles. The van der Waals surface area contributed by atoms with E-state index >= 15 is 0 Å². The van der Waals surface area contributed by atoms with E-state index in [0.717, 1.165) is 18.8 Å². The molecule has 3 unspecified atom stereocenters. The van der Waals surface area contributed by atoms with Gasteiger partial charge in [0.25, 0.3) is 0 Å². The Morgan fingerprint density at radius 1 is 1.23 bits per heavy atom. The van der Waals surface area contributed by atoms with Crippen molar-refractivity contribution >= 4 is 7.12 Å². The molecule has 3 aliphatic carbocycles. The quantitative estimate of drug-likeness (QED) is 0.873. The van der Waals surface area contributed by atoms with Crippen LogP contribution in [0.4, 0.5) is 0 Å². The summed E-state index contributed by atoms with van der Waals surface area (Å²) < 4.78 is 12.7. The molecule has 1 saturated heterocycles. The van der Waals surface area contributed by atoms with Crippen molar-refractivity contribution in [1.29, 1.82) is 0 Å². The minimum absolute atomic E-state index is 0.106. The standard InChI is InChI=1S/C18H26BNO2/c1-17(2)13-10-14(17)18(3)15(11-13)21-19(22-18)16(20)9-12-7-5-4-6-8-12/h4-8,13-16H,9-11,20H2,1-3H3/t13?,14?,15?,16-,18-/m0/s1. The van der Waals surface area contributed by atoms with Gasteiger partial charge in [-0.15, -0.1) is 0 Å². The van der Waals surface area contributed by atoms with Crippen LogP contribution in [0, 0.1) is 17.3 Å². The zero-order valence-electron chi connectivity index (χ0n) is 13.8. The Morgan fingerprint density at radius 3 is 2.64 bits per heavy atom. The van der Waals surface area contributed by atoms with Crippen molar-refractivity contribution < 1.29 is 9.31 Å². The fourth-order valence-electron chi connectivity index (χ4n) is 5.06. The van der Waals surface area contributed by atoms with Gasteiger partial charge in [0.05, 0.1) is 11.7 Å². The van der Waals surface area contributed by atoms with Crippen molar-refractivity contribution in [2.24, 2.45) is 23.0 Å². The summed E-state index contributed by atoms with van der Waals surface area (Å²) in [5.74, 6) is 1.27. The molecule has 5 atom stereocenters. The maximum Gasteiger partial charge on any atom is 0.475 e. The van der Waals surface area contributed by atoms with E-state index in [1.807, 2.05) is 6.07 Å². The van der Waals surface area contributed by atoms with E-state index in [4.69, 9.17) is 15.0 Å². The summed E-state index contributed by atoms with van der Waals surface area (Å²) in [4.78, 5) is 0. The maximum absolute atomic E-state index is 6.43. The first kappa shape index (κ1) is 14.7. The number of hydrogen-bond acceptors (Lipinski definition) is 3. The molecule has 1 aromatic rings. The van der Waals surface area contributed by atoms with Crippen LogP contribution in [-0.2, 0) is 15.7 Å². The third-order valence-electron chi connectivity index (χ3n) is 6.63. The molecular formula is C18H26BNO2. The van der Waals surface area contributed by atoms with E-state index in [1.54, 1.807) is 0 Å². The van der Waals surface area contributed by atoms with Crippen LogP contribution in [0.3, 0.4) is 0 Å². The molecule has 0 amide bonds. The summed E-state index contributed by atoms with van der Waals surface area (Å²) in [6.45, 7) is 7.01. The third kappa shape index (κ3) is 2.00. The average molecular weight is 299 g/mol. The van der Waals surface area contributed by atoms with Crippen LogP contribution < -0.4 is 5.73 Å². The Kier molecular flexibility index (Phi) is 3.23. The SMILES string of the molecule is CC1(C)C2CC3OB([C@@H](N)Cc4ccccc4)O[C@@]3(C)C1C2. The smallest absolute Gasteiger partial charge is 0.404 e. The molecule has 4 aliphatic rings. The van der Waals surface area contributed by atoms with E-state index in [-0.39, 0.29) is 24.8 Å². The Labute approximate surface area is 133 Å². The van der Waals surface area contributed by atoms with Crippen LogP contribution in [0.25, 0.3) is 0 Å². The Hall–Kier alpha value is -0.835. The van der Waals surface area contributed by atoms with Gasteiger partial charge in [0.2, 0.25) is 0 Å². The summed E-state index contributed by atoms with van der Waals surface area (Å²) in [6.07, 6.45) is 3.42. The summed E-state index contributed by atoms with van der Waals surface area (Å²) in [5.41, 5.74) is 7.87. The van der Waals surface area contributed by atoms with Gasteiger partial charge in [-0.2, -0.15) is 0 Å². The third-order valence-corrected chi connectivity index (χ3v) is 6.63. The minimum atomic E-state index is -0.273. The van der Waals surface area contributed by atoms with Gasteiger partial charge in [-0.25, -0.2) is 0 Å². The molecule has 0 spiro atoms. The molecule has 3 nitrogen and oxygen atoms in total. The molecule has 4 heteroatoms. The largest absolute Gasteiger partial charge is 0.475 e. The summed E-state index contributed by atoms with van der Waals surface area (Å²) in [7, 11) is -0.273. The molecule has 5 rings (SSSR count). The molecule has 2 N–H and O–H groups in total. The molecule has 118 valence electrons. The zero-order chi connectivity index (χ0) is 15.5. The first-order valence-electron chi connectivity index (χ1n) is 8.54. The van der Waals surface area contributed by atoms with Crippen molar-refractivity contribution in [3.63, 3.8) is 0 Å². The van der Waals surface area contributed by atoms with Gasteiger partial charge in [0.1, 0.15) is 0 Å². The van der Waals surface area contributed by atoms with Crippen LogP contribution in [0.2, 0.25) is 0 Å². The van der Waals surface area contributed by atoms with Crippen LogP contribution >= 0.6 is 0 Å². The molecule has 0 radical (unpaired) electrons. The number of rotatable bonds is 3. The highest BCUT2D eigenvalue weighted by Gasteiger charge is 2.68. The van der Waals surface area contributed by atoms with Gasteiger partial charge in [-0.05, 0) is 49.0 Å². The van der Waals surface area contributed by atoms with Gasteiger partial charge in [0, 0.05) is 5.94 Å². The van der Waals surface area contributed by atoms with E-state index in [0.29, 0.717) is 11.3 Å². The molecular weight excluding hydrogens is 273 g/mol. The van der Waals surface area contributed by atoms with E-state index in [1.165, 1.54) is 12.0 Å². The fraction of sp³-hybridized carbons (Fsp3) is 0.667. The zero-order valence-corrected chi connectivity index (χ0v) is 13.8. The molecule has 3 saturated carbocycles. The maximum atomic E-state index is 6.43. The highest BCUT2D eigenvalue weighted by atomic mass is 16.7. The Balaban J connectivity index is 1.48. The van der Waals surface area contributed by atoms with E-state index in [2.05, 4.69) is 45.0 Å². The fourth-order valence-corrected chi connectivity index (χ4v) is 5.06. The van der Waals surface area contributed by atoms with Gasteiger partial charge in [-0.1, -0.05) is 44.2 Å². The lowest BCUT2D eigenvalue weighted by atomic mass is 9.43. The summed E-state index contributed by atoms with van der Waals surface area (Å²) >= 11 is 0. The Bertz CT molecular complexity index is 563. The van der Waals surface area contributed by atoms with Gasteiger partial charge in [0.15, 0.2) is 0 Å². The normalized spacial score (nSPS) is 40.0. The lowest BCUT2D eigenvalue weighted by Gasteiger charge is -2.64. The van der Waals surface area contributed by atoms with E-state index < -0.39 is 0 Å². The summed E-state index contributed by atoms with van der Waals surface area (Å²) in [5, 5.41) is 0. The monoisotopic (exact) mass is 299 g/mol. The van der Waals surface area contributed by atoms with Crippen molar-refractivity contribution in [2.75, 3.05) is 0 Å². The van der Waals surface area contributed by atoms with Crippen molar-refractivity contribution in [1.82, 2.24) is 0 Å². The van der Waals surface area contributed by atoms with Crippen LogP contribution in [0.5, 0.6) is 0 Å². The van der Waals surface area contributed by atoms with Gasteiger partial charge in [-0.3, -0.25) is 0 Å². The number of benzene rings is 1. The van der Waals surface area contributed by atoms with Crippen molar-refractivity contribution in [3.05, 3.63) is 35.9 Å². The second-order valence-electron chi connectivity index (χ2n) is 8.19. The predicted molar refractivity (Wildman–Crippen MR) is 88.2 cm³/mol. The first-order valence-corrected chi connectivity index (χ1v) is 8.54. The van der Waals surface area contributed by atoms with Crippen LogP contribution in [0.1, 0.15) is 39.2 Å². The second-order valence-corrected chi connectivity index (χ2v) is 8.19. The Morgan fingerprint density at radius 2 is 1.95 bits per heavy atom. The van der Waals surface area contributed by atoms with Crippen molar-refractivity contribution in [3.8, 4) is 0 Å². The van der Waals surface area contributed by atoms with Crippen LogP contribution in [-0.4, -0.2) is 24.8 Å². The summed E-state index contributed by atoms with van der Waals surface area (Å²) in [6, 6.07) is 10.4. The topological polar surface area (TPSA) is 44.5 Å².